The van der Waals surface area contributed by atoms with Crippen molar-refractivity contribution in [3.63, 3.8) is 0 Å². The van der Waals surface area contributed by atoms with Crippen molar-refractivity contribution in [2.24, 2.45) is 23.7 Å². The molecule has 3 aliphatic carbocycles. The predicted octanol–water partition coefficient (Wildman–Crippen LogP) is 6.24. The summed E-state index contributed by atoms with van der Waals surface area (Å²) >= 11 is 0. The molecule has 0 nitrogen and oxygen atoms in total. The van der Waals surface area contributed by atoms with Gasteiger partial charge in [-0.25, -0.2) is 8.78 Å². The first-order valence-corrected chi connectivity index (χ1v) is 9.50. The Bertz CT molecular complexity index is 301. The molecule has 0 aromatic carbocycles. The molecule has 0 aromatic heterocycles. The molecule has 3 aliphatic rings. The molecule has 21 heavy (non-hydrogen) atoms. The topological polar surface area (TPSA) is 0 Å². The highest BCUT2D eigenvalue weighted by Crippen LogP contribution is 2.43. The predicted molar refractivity (Wildman–Crippen MR) is 83.8 cm³/mol. The first-order valence-electron chi connectivity index (χ1n) is 9.50. The Kier molecular flexibility index (Phi) is 5.56. The lowest BCUT2D eigenvalue weighted by Crippen LogP contribution is -2.31. The van der Waals surface area contributed by atoms with E-state index in [9.17, 15) is 8.78 Å². The van der Waals surface area contributed by atoms with Gasteiger partial charge in [0.1, 0.15) is 12.3 Å². The van der Waals surface area contributed by atoms with Gasteiger partial charge in [-0.15, -0.1) is 0 Å². The smallest absolute Gasteiger partial charge is 0.103 e. The third kappa shape index (κ3) is 4.20. The van der Waals surface area contributed by atoms with Crippen molar-refractivity contribution in [1.82, 2.24) is 0 Å². The summed E-state index contributed by atoms with van der Waals surface area (Å²) < 4.78 is 27.3. The Hall–Kier alpha value is -0.140. The quantitative estimate of drug-likeness (QED) is 0.578. The lowest BCUT2D eigenvalue weighted by molar-refractivity contribution is 0.0756. The molecular formula is C19H32F2. The molecule has 0 heterocycles. The van der Waals surface area contributed by atoms with Gasteiger partial charge >= 0.3 is 0 Å². The van der Waals surface area contributed by atoms with Crippen LogP contribution in [0.1, 0.15) is 83.5 Å². The van der Waals surface area contributed by atoms with E-state index in [2.05, 4.69) is 0 Å². The van der Waals surface area contributed by atoms with E-state index in [1.807, 2.05) is 0 Å². The first kappa shape index (κ1) is 15.7. The molecule has 0 spiro atoms. The van der Waals surface area contributed by atoms with Crippen molar-refractivity contribution in [3.05, 3.63) is 0 Å². The molecule has 0 N–H and O–H groups in total. The van der Waals surface area contributed by atoms with Crippen LogP contribution in [0.4, 0.5) is 8.78 Å². The maximum atomic E-state index is 14.1. The Morgan fingerprint density at radius 3 is 1.81 bits per heavy atom. The largest absolute Gasteiger partial charge is 0.247 e. The third-order valence-corrected chi connectivity index (χ3v) is 6.67. The maximum Gasteiger partial charge on any atom is 0.103 e. The van der Waals surface area contributed by atoms with Gasteiger partial charge in [-0.05, 0) is 81.5 Å². The lowest BCUT2D eigenvalue weighted by Gasteiger charge is -2.38. The van der Waals surface area contributed by atoms with Crippen LogP contribution in [-0.2, 0) is 0 Å². The molecule has 0 saturated heterocycles. The summed E-state index contributed by atoms with van der Waals surface area (Å²) in [4.78, 5) is 0. The highest BCUT2D eigenvalue weighted by molar-refractivity contribution is 4.85. The number of alkyl halides is 2. The molecular weight excluding hydrogens is 266 g/mol. The van der Waals surface area contributed by atoms with Gasteiger partial charge in [0.25, 0.3) is 0 Å². The zero-order valence-corrected chi connectivity index (χ0v) is 13.4. The van der Waals surface area contributed by atoms with Gasteiger partial charge in [0.2, 0.25) is 0 Å². The van der Waals surface area contributed by atoms with Crippen LogP contribution in [-0.4, -0.2) is 12.3 Å². The van der Waals surface area contributed by atoms with Crippen LogP contribution in [0.15, 0.2) is 0 Å². The SMILES string of the molecule is FC1CCC(CC2CCC(C3CCCCC3F)CC2)CC1. The van der Waals surface area contributed by atoms with E-state index >= 15 is 0 Å². The molecule has 3 fully saturated rings. The minimum Gasteiger partial charge on any atom is -0.247 e. The normalized spacial score (nSPS) is 45.4. The fourth-order valence-corrected chi connectivity index (χ4v) is 5.33. The van der Waals surface area contributed by atoms with E-state index in [4.69, 9.17) is 0 Å². The minimum atomic E-state index is -0.523. The van der Waals surface area contributed by atoms with Crippen molar-refractivity contribution in [3.8, 4) is 0 Å². The van der Waals surface area contributed by atoms with E-state index in [1.165, 1.54) is 38.5 Å². The van der Waals surface area contributed by atoms with Crippen molar-refractivity contribution in [1.29, 1.82) is 0 Å². The summed E-state index contributed by atoms with van der Waals surface area (Å²) in [5.41, 5.74) is 0. The Labute approximate surface area is 129 Å². The average Bonchev–Trinajstić information content (AvgIpc) is 2.51. The first-order chi connectivity index (χ1) is 10.2. The fraction of sp³-hybridized carbons (Fsp3) is 1.00. The van der Waals surface area contributed by atoms with E-state index in [1.54, 1.807) is 0 Å². The Morgan fingerprint density at radius 2 is 1.19 bits per heavy atom. The van der Waals surface area contributed by atoms with Crippen LogP contribution >= 0.6 is 0 Å². The number of hydrogen-bond acceptors (Lipinski definition) is 0. The second kappa shape index (κ2) is 7.42. The van der Waals surface area contributed by atoms with Crippen LogP contribution in [0.2, 0.25) is 0 Å². The Morgan fingerprint density at radius 1 is 0.619 bits per heavy atom. The summed E-state index contributed by atoms with van der Waals surface area (Å²) in [6, 6.07) is 0. The summed E-state index contributed by atoms with van der Waals surface area (Å²) in [6.45, 7) is 0. The molecule has 0 bridgehead atoms. The van der Waals surface area contributed by atoms with Crippen LogP contribution < -0.4 is 0 Å². The highest BCUT2D eigenvalue weighted by Gasteiger charge is 2.35. The number of rotatable bonds is 3. The van der Waals surface area contributed by atoms with Crippen molar-refractivity contribution >= 4 is 0 Å². The van der Waals surface area contributed by atoms with Gasteiger partial charge in [-0.3, -0.25) is 0 Å². The monoisotopic (exact) mass is 298 g/mol. The second-order valence-electron chi connectivity index (χ2n) is 8.10. The molecule has 2 atom stereocenters. The molecule has 122 valence electrons. The average molecular weight is 298 g/mol. The fourth-order valence-electron chi connectivity index (χ4n) is 5.33. The summed E-state index contributed by atoms with van der Waals surface area (Å²) in [5.74, 6) is 2.67. The van der Waals surface area contributed by atoms with Crippen molar-refractivity contribution in [2.45, 2.75) is 95.8 Å². The van der Waals surface area contributed by atoms with E-state index in [0.717, 1.165) is 56.8 Å². The third-order valence-electron chi connectivity index (χ3n) is 6.67. The van der Waals surface area contributed by atoms with E-state index in [-0.39, 0.29) is 0 Å². The lowest BCUT2D eigenvalue weighted by atomic mass is 9.68. The summed E-state index contributed by atoms with van der Waals surface area (Å²) in [5, 5.41) is 0. The highest BCUT2D eigenvalue weighted by atomic mass is 19.1. The molecule has 0 radical (unpaired) electrons. The van der Waals surface area contributed by atoms with Gasteiger partial charge in [0.15, 0.2) is 0 Å². The molecule has 2 heteroatoms. The zero-order chi connectivity index (χ0) is 14.7. The van der Waals surface area contributed by atoms with Crippen LogP contribution in [0.3, 0.4) is 0 Å². The Balaban J connectivity index is 1.40. The van der Waals surface area contributed by atoms with Gasteiger partial charge in [-0.1, -0.05) is 25.7 Å². The molecule has 2 unspecified atom stereocenters. The van der Waals surface area contributed by atoms with Crippen molar-refractivity contribution < 1.29 is 8.78 Å². The summed E-state index contributed by atoms with van der Waals surface area (Å²) in [6.07, 6.45) is 13.5. The molecule has 0 aliphatic heterocycles. The van der Waals surface area contributed by atoms with Crippen LogP contribution in [0.25, 0.3) is 0 Å². The van der Waals surface area contributed by atoms with Gasteiger partial charge in [0, 0.05) is 0 Å². The maximum absolute atomic E-state index is 14.1. The molecule has 0 amide bonds. The minimum absolute atomic E-state index is 0.377. The van der Waals surface area contributed by atoms with Crippen LogP contribution in [0.5, 0.6) is 0 Å². The number of hydrogen-bond donors (Lipinski definition) is 0. The van der Waals surface area contributed by atoms with Crippen LogP contribution in [0, 0.1) is 23.7 Å². The zero-order valence-electron chi connectivity index (χ0n) is 13.4. The van der Waals surface area contributed by atoms with Gasteiger partial charge < -0.3 is 0 Å². The standard InChI is InChI=1S/C19H32F2/c20-17-11-7-15(8-12-17)13-14-5-9-16(10-6-14)18-3-1-2-4-19(18)21/h14-19H,1-13H2. The second-order valence-corrected chi connectivity index (χ2v) is 8.10. The molecule has 3 rings (SSSR count). The number of halogens is 2. The van der Waals surface area contributed by atoms with Gasteiger partial charge in [0.05, 0.1) is 0 Å². The van der Waals surface area contributed by atoms with E-state index < -0.39 is 12.3 Å². The summed E-state index contributed by atoms with van der Waals surface area (Å²) in [7, 11) is 0. The molecule has 3 saturated carbocycles. The molecule has 0 aromatic rings. The van der Waals surface area contributed by atoms with Crippen molar-refractivity contribution in [2.75, 3.05) is 0 Å². The van der Waals surface area contributed by atoms with E-state index in [0.29, 0.717) is 11.8 Å². The van der Waals surface area contributed by atoms with Gasteiger partial charge in [-0.2, -0.15) is 0 Å².